The van der Waals surface area contributed by atoms with Crippen LogP contribution in [0.5, 0.6) is 0 Å². The van der Waals surface area contributed by atoms with Crippen LogP contribution in [0.1, 0.15) is 137 Å². The molecule has 10 rings (SSSR count). The molecule has 316 valence electrons. The predicted molar refractivity (Wildman–Crippen MR) is 269 cm³/mol. The van der Waals surface area contributed by atoms with E-state index in [0.717, 1.165) is 6.42 Å². The number of para-hydroxylation sites is 2. The Labute approximate surface area is 373 Å². The van der Waals surface area contributed by atoms with Crippen LogP contribution in [0, 0.1) is 0 Å². The lowest BCUT2D eigenvalue weighted by molar-refractivity contribution is 0.217. The Kier molecular flexibility index (Phi) is 9.32. The van der Waals surface area contributed by atoms with Crippen LogP contribution in [0.15, 0.2) is 127 Å². The molecule has 0 aromatic heterocycles. The van der Waals surface area contributed by atoms with Gasteiger partial charge in [-0.05, 0) is 129 Å². The molecule has 3 nitrogen and oxygen atoms in total. The van der Waals surface area contributed by atoms with E-state index >= 15 is 0 Å². The topological polar surface area (TPSA) is 9.72 Å². The van der Waals surface area contributed by atoms with Gasteiger partial charge in [-0.3, -0.25) is 0 Å². The first-order valence-electron chi connectivity index (χ1n) is 23.5. The van der Waals surface area contributed by atoms with Gasteiger partial charge in [0.25, 0.3) is 6.71 Å². The predicted octanol–water partition coefficient (Wildman–Crippen LogP) is 14.2. The molecule has 0 saturated heterocycles. The van der Waals surface area contributed by atoms with Crippen molar-refractivity contribution in [2.75, 3.05) is 14.7 Å². The van der Waals surface area contributed by atoms with Crippen LogP contribution >= 0.6 is 0 Å². The van der Waals surface area contributed by atoms with Crippen molar-refractivity contribution in [1.29, 1.82) is 0 Å². The molecular formula is C58H66BN3. The molecule has 3 heterocycles. The summed E-state index contributed by atoms with van der Waals surface area (Å²) in [7, 11) is 0. The highest BCUT2D eigenvalue weighted by Crippen LogP contribution is 2.61. The maximum Gasteiger partial charge on any atom is 0.252 e. The molecule has 0 radical (unpaired) electrons. The first-order valence-corrected chi connectivity index (χ1v) is 23.5. The maximum atomic E-state index is 2.83. The van der Waals surface area contributed by atoms with Gasteiger partial charge in [-0.25, -0.2) is 0 Å². The second-order valence-electron chi connectivity index (χ2n) is 22.6. The third kappa shape index (κ3) is 6.21. The largest absolute Gasteiger partial charge is 0.334 e. The summed E-state index contributed by atoms with van der Waals surface area (Å²) >= 11 is 0. The Morgan fingerprint density at radius 1 is 0.435 bits per heavy atom. The molecule has 0 bridgehead atoms. The van der Waals surface area contributed by atoms with Gasteiger partial charge in [-0.1, -0.05) is 168 Å². The summed E-state index contributed by atoms with van der Waals surface area (Å²) in [4.78, 5) is 8.02. The molecule has 6 aromatic rings. The molecule has 0 N–H and O–H groups in total. The van der Waals surface area contributed by atoms with E-state index in [2.05, 4.69) is 218 Å². The summed E-state index contributed by atoms with van der Waals surface area (Å²) in [5.74, 6) is 0. The minimum atomic E-state index is -0.121. The number of fused-ring (bicyclic) bond motifs is 7. The molecule has 4 aliphatic rings. The SMILES string of the molecule is CC(C)(C)c1ccc(N2c3ccc(C(C)(C)C)cc3B3c4ccccc4N(c4ccccc4)c4cc(N5c6ccc(C(C)(C)C)cc6C6(C)CCCCCCC56C)cc2c43)cc1. The fourth-order valence-electron chi connectivity index (χ4n) is 11.7. The van der Waals surface area contributed by atoms with Crippen LogP contribution in [0.2, 0.25) is 0 Å². The molecule has 2 atom stereocenters. The smallest absolute Gasteiger partial charge is 0.252 e. The van der Waals surface area contributed by atoms with Crippen molar-refractivity contribution < 1.29 is 0 Å². The van der Waals surface area contributed by atoms with Gasteiger partial charge < -0.3 is 14.7 Å². The Morgan fingerprint density at radius 2 is 0.952 bits per heavy atom. The van der Waals surface area contributed by atoms with E-state index in [9.17, 15) is 0 Å². The molecule has 2 unspecified atom stereocenters. The average molecular weight is 816 g/mol. The van der Waals surface area contributed by atoms with Crippen LogP contribution in [-0.4, -0.2) is 12.3 Å². The molecule has 0 amide bonds. The van der Waals surface area contributed by atoms with E-state index < -0.39 is 0 Å². The van der Waals surface area contributed by atoms with Crippen molar-refractivity contribution in [3.05, 3.63) is 150 Å². The number of hydrogen-bond acceptors (Lipinski definition) is 3. The highest BCUT2D eigenvalue weighted by molar-refractivity contribution is 7.00. The minimum absolute atomic E-state index is 0.00112. The number of rotatable bonds is 3. The lowest BCUT2D eigenvalue weighted by Crippen LogP contribution is -2.61. The van der Waals surface area contributed by atoms with Gasteiger partial charge >= 0.3 is 0 Å². The average Bonchev–Trinajstić information content (AvgIpc) is 3.41. The second kappa shape index (κ2) is 14.1. The zero-order valence-corrected chi connectivity index (χ0v) is 39.3. The summed E-state index contributed by atoms with van der Waals surface area (Å²) < 4.78 is 0. The van der Waals surface area contributed by atoms with Crippen LogP contribution < -0.4 is 31.1 Å². The monoisotopic (exact) mass is 816 g/mol. The molecule has 6 aromatic carbocycles. The molecule has 1 aliphatic carbocycles. The summed E-state index contributed by atoms with van der Waals surface area (Å²) in [5, 5.41) is 0. The van der Waals surface area contributed by atoms with Crippen molar-refractivity contribution in [2.24, 2.45) is 0 Å². The Morgan fingerprint density at radius 3 is 1.58 bits per heavy atom. The molecule has 62 heavy (non-hydrogen) atoms. The van der Waals surface area contributed by atoms with Crippen molar-refractivity contribution in [3.63, 3.8) is 0 Å². The van der Waals surface area contributed by atoms with Gasteiger partial charge in [0.15, 0.2) is 0 Å². The van der Waals surface area contributed by atoms with Gasteiger partial charge in [0.1, 0.15) is 0 Å². The standard InChI is InChI=1S/C58H66BN3/c1-54(2,3)39-25-29-43(30-26-39)61-50-32-28-41(56(7,8)9)36-47(50)59-46-23-17-18-24-49(46)60(42-21-15-14-16-22-42)51-37-44(38-52(61)53(51)59)62-48-31-27-40(55(4,5)6)35-45(48)57(10)33-19-12-13-20-34-58(57,62)11/h14-18,21-32,35-38H,12-13,19-20,33-34H2,1-11H3. The summed E-state index contributed by atoms with van der Waals surface area (Å²) in [5.41, 5.74) is 19.9. The van der Waals surface area contributed by atoms with Crippen molar-refractivity contribution in [1.82, 2.24) is 0 Å². The summed E-state index contributed by atoms with van der Waals surface area (Å²) in [6, 6.07) is 49.9. The third-order valence-electron chi connectivity index (χ3n) is 15.6. The van der Waals surface area contributed by atoms with Crippen LogP contribution in [0.25, 0.3) is 0 Å². The summed E-state index contributed by atoms with van der Waals surface area (Å²) in [6.07, 6.45) is 7.46. The molecule has 1 fully saturated rings. The molecule has 1 saturated carbocycles. The first kappa shape index (κ1) is 40.8. The third-order valence-corrected chi connectivity index (χ3v) is 15.6. The van der Waals surface area contributed by atoms with Gasteiger partial charge in [-0.2, -0.15) is 0 Å². The lowest BCUT2D eigenvalue weighted by Gasteiger charge is -2.50. The van der Waals surface area contributed by atoms with Crippen molar-refractivity contribution >= 4 is 68.6 Å². The fraction of sp³-hybridized carbons (Fsp3) is 0.379. The number of anilines is 8. The van der Waals surface area contributed by atoms with Gasteiger partial charge in [0.05, 0.1) is 5.54 Å². The lowest BCUT2D eigenvalue weighted by atomic mass is 9.33. The molecule has 0 spiro atoms. The Hall–Kier alpha value is -5.22. The number of nitrogens with zero attached hydrogens (tertiary/aromatic N) is 3. The fourth-order valence-corrected chi connectivity index (χ4v) is 11.7. The van der Waals surface area contributed by atoms with E-state index in [0.29, 0.717) is 0 Å². The van der Waals surface area contributed by atoms with E-state index in [1.165, 1.54) is 116 Å². The molecular weight excluding hydrogens is 749 g/mol. The van der Waals surface area contributed by atoms with Gasteiger partial charge in [0.2, 0.25) is 0 Å². The number of benzene rings is 6. The van der Waals surface area contributed by atoms with Crippen LogP contribution in [0.4, 0.5) is 45.5 Å². The Balaban J connectivity index is 1.31. The van der Waals surface area contributed by atoms with Crippen molar-refractivity contribution in [2.45, 2.75) is 142 Å². The van der Waals surface area contributed by atoms with Crippen molar-refractivity contribution in [3.8, 4) is 0 Å². The highest BCUT2D eigenvalue weighted by Gasteiger charge is 2.57. The van der Waals surface area contributed by atoms with Crippen LogP contribution in [-0.2, 0) is 21.7 Å². The van der Waals surface area contributed by atoms with Gasteiger partial charge in [-0.15, -0.1) is 0 Å². The highest BCUT2D eigenvalue weighted by atomic mass is 15.3. The minimum Gasteiger partial charge on any atom is -0.334 e. The number of hydrogen-bond donors (Lipinski definition) is 0. The zero-order chi connectivity index (χ0) is 43.6. The maximum absolute atomic E-state index is 2.83. The quantitative estimate of drug-likeness (QED) is 0.165. The molecule has 3 aliphatic heterocycles. The van der Waals surface area contributed by atoms with E-state index in [4.69, 9.17) is 0 Å². The molecule has 4 heteroatoms. The van der Waals surface area contributed by atoms with E-state index in [1.807, 2.05) is 0 Å². The van der Waals surface area contributed by atoms with Crippen LogP contribution in [0.3, 0.4) is 0 Å². The normalized spacial score (nSPS) is 20.8. The second-order valence-corrected chi connectivity index (χ2v) is 22.6. The Bertz CT molecular complexity index is 2690. The van der Waals surface area contributed by atoms with Gasteiger partial charge in [0, 0.05) is 50.9 Å². The zero-order valence-electron chi connectivity index (χ0n) is 39.3. The van der Waals surface area contributed by atoms with E-state index in [1.54, 1.807) is 0 Å². The first-order chi connectivity index (χ1) is 29.4. The van der Waals surface area contributed by atoms with E-state index in [-0.39, 0.29) is 33.9 Å². The summed E-state index contributed by atoms with van der Waals surface area (Å²) in [6.45, 7) is 26.4.